The van der Waals surface area contributed by atoms with Crippen molar-refractivity contribution in [2.75, 3.05) is 25.1 Å². The first-order valence-electron chi connectivity index (χ1n) is 14.0. The van der Waals surface area contributed by atoms with E-state index in [1.54, 1.807) is 58.3 Å². The maximum atomic E-state index is 14.4. The van der Waals surface area contributed by atoms with Crippen LogP contribution in [-0.4, -0.2) is 63.4 Å². The van der Waals surface area contributed by atoms with Crippen LogP contribution in [0.5, 0.6) is 0 Å². The van der Waals surface area contributed by atoms with Crippen molar-refractivity contribution in [3.05, 3.63) is 53.0 Å². The second-order valence-corrected chi connectivity index (χ2v) is 12.3. The number of thiazole rings is 1. The SMILES string of the molecule is CC(C)C(=O)OCCOC(=O)NC(C)(C)C(=O)NCc1cnc(-c2ccc(NCC3(c4ncccc4F)CCC3)nn2)s1. The Morgan fingerprint density at radius 1 is 1.09 bits per heavy atom. The first kappa shape index (κ1) is 31.7. The third-order valence-electron chi connectivity index (χ3n) is 7.05. The van der Waals surface area contributed by atoms with Gasteiger partial charge in [-0.15, -0.1) is 21.5 Å². The van der Waals surface area contributed by atoms with Crippen molar-refractivity contribution in [3.63, 3.8) is 0 Å². The Balaban J connectivity index is 1.23. The average molecular weight is 614 g/mol. The van der Waals surface area contributed by atoms with Gasteiger partial charge in [0.25, 0.3) is 0 Å². The van der Waals surface area contributed by atoms with E-state index < -0.39 is 17.5 Å². The van der Waals surface area contributed by atoms with Crippen LogP contribution in [0.25, 0.3) is 10.7 Å². The van der Waals surface area contributed by atoms with E-state index in [2.05, 4.69) is 36.1 Å². The van der Waals surface area contributed by atoms with Gasteiger partial charge < -0.3 is 25.4 Å². The van der Waals surface area contributed by atoms with Gasteiger partial charge in [0.15, 0.2) is 0 Å². The molecule has 0 unspecified atom stereocenters. The summed E-state index contributed by atoms with van der Waals surface area (Å²) in [5.74, 6) is -0.800. The fourth-order valence-corrected chi connectivity index (χ4v) is 5.18. The van der Waals surface area contributed by atoms with Gasteiger partial charge in [-0.2, -0.15) is 0 Å². The highest BCUT2D eigenvalue weighted by molar-refractivity contribution is 7.15. The van der Waals surface area contributed by atoms with Gasteiger partial charge in [0.2, 0.25) is 5.91 Å². The number of nitrogens with zero attached hydrogens (tertiary/aromatic N) is 4. The maximum Gasteiger partial charge on any atom is 0.408 e. The van der Waals surface area contributed by atoms with Crippen LogP contribution in [0.2, 0.25) is 0 Å². The highest BCUT2D eigenvalue weighted by atomic mass is 32.1. The summed E-state index contributed by atoms with van der Waals surface area (Å²) < 4.78 is 24.3. The Morgan fingerprint density at radius 2 is 1.86 bits per heavy atom. The lowest BCUT2D eigenvalue weighted by Crippen LogP contribution is -2.54. The Bertz CT molecular complexity index is 1430. The first-order valence-corrected chi connectivity index (χ1v) is 14.8. The summed E-state index contributed by atoms with van der Waals surface area (Å²) in [5, 5.41) is 17.7. The zero-order valence-electron chi connectivity index (χ0n) is 24.6. The van der Waals surface area contributed by atoms with E-state index in [0.29, 0.717) is 28.8 Å². The summed E-state index contributed by atoms with van der Waals surface area (Å²) >= 11 is 1.35. The first-order chi connectivity index (χ1) is 20.5. The summed E-state index contributed by atoms with van der Waals surface area (Å²) in [6.07, 6.45) is 5.19. The van der Waals surface area contributed by atoms with Crippen LogP contribution in [0.1, 0.15) is 57.5 Å². The number of anilines is 1. The van der Waals surface area contributed by atoms with Crippen molar-refractivity contribution >= 4 is 35.1 Å². The van der Waals surface area contributed by atoms with Crippen LogP contribution in [0.4, 0.5) is 15.0 Å². The van der Waals surface area contributed by atoms with Crippen LogP contribution in [0.3, 0.4) is 0 Å². The van der Waals surface area contributed by atoms with Crippen LogP contribution in [0.15, 0.2) is 36.7 Å². The molecule has 0 radical (unpaired) electrons. The van der Waals surface area contributed by atoms with Crippen LogP contribution >= 0.6 is 11.3 Å². The van der Waals surface area contributed by atoms with Crippen molar-refractivity contribution in [1.82, 2.24) is 30.8 Å². The van der Waals surface area contributed by atoms with Crippen LogP contribution in [-0.2, 0) is 31.0 Å². The molecule has 4 rings (SSSR count). The molecule has 0 saturated heterocycles. The summed E-state index contributed by atoms with van der Waals surface area (Å²) in [7, 11) is 0. The summed E-state index contributed by atoms with van der Waals surface area (Å²) in [6.45, 7) is 7.01. The van der Waals surface area contributed by atoms with Gasteiger partial charge in [-0.05, 0) is 51.0 Å². The molecule has 0 aromatic carbocycles. The molecule has 1 aliphatic carbocycles. The van der Waals surface area contributed by atoms with E-state index in [4.69, 9.17) is 9.47 Å². The zero-order chi connectivity index (χ0) is 31.0. The predicted octanol–water partition coefficient (Wildman–Crippen LogP) is 3.99. The fraction of sp³-hybridized carbons (Fsp3) is 0.483. The molecule has 230 valence electrons. The number of pyridine rings is 1. The van der Waals surface area contributed by atoms with Gasteiger partial charge in [0.1, 0.15) is 41.1 Å². The molecular formula is C29H36FN7O5S. The quantitative estimate of drug-likeness (QED) is 0.190. The molecule has 0 atom stereocenters. The number of esters is 1. The van der Waals surface area contributed by atoms with Crippen molar-refractivity contribution in [2.24, 2.45) is 5.92 Å². The van der Waals surface area contributed by atoms with Crippen LogP contribution in [0, 0.1) is 11.7 Å². The molecule has 1 fully saturated rings. The molecule has 0 bridgehead atoms. The minimum Gasteiger partial charge on any atom is -0.462 e. The molecule has 43 heavy (non-hydrogen) atoms. The van der Waals surface area contributed by atoms with E-state index in [1.807, 2.05) is 0 Å². The molecule has 3 heterocycles. The number of hydrogen-bond donors (Lipinski definition) is 3. The van der Waals surface area contributed by atoms with Gasteiger partial charge >= 0.3 is 12.1 Å². The Hall–Kier alpha value is -4.20. The average Bonchev–Trinajstić information content (AvgIpc) is 3.43. The standard InChI is InChI=1S/C29H36FN7O5S/c1-18(2)25(38)41-13-14-42-27(40)35-28(3,4)26(39)33-16-19-15-32-24(43-19)21-8-9-22(37-36-21)34-17-29(10-6-11-29)23-20(30)7-5-12-31-23/h5,7-9,12,15,18H,6,10-11,13-14,16-17H2,1-4H3,(H,33,39)(H,34,37)(H,35,40). The van der Waals surface area contributed by atoms with Crippen molar-refractivity contribution in [2.45, 2.75) is 64.5 Å². The molecule has 14 heteroatoms. The lowest BCUT2D eigenvalue weighted by molar-refractivity contribution is -0.148. The van der Waals surface area contributed by atoms with Gasteiger partial charge in [0.05, 0.1) is 18.2 Å². The summed E-state index contributed by atoms with van der Waals surface area (Å²) in [5.41, 5.74) is -0.546. The molecular weight excluding hydrogens is 577 g/mol. The number of nitrogens with one attached hydrogen (secondary N) is 3. The molecule has 3 N–H and O–H groups in total. The Morgan fingerprint density at radius 3 is 2.51 bits per heavy atom. The van der Waals surface area contributed by atoms with Crippen molar-refractivity contribution in [1.29, 1.82) is 0 Å². The van der Waals surface area contributed by atoms with Gasteiger partial charge in [-0.1, -0.05) is 20.3 Å². The van der Waals surface area contributed by atoms with Crippen LogP contribution < -0.4 is 16.0 Å². The number of aromatic nitrogens is 4. The normalized spacial score (nSPS) is 14.0. The highest BCUT2D eigenvalue weighted by Crippen LogP contribution is 2.43. The Kier molecular flexibility index (Phi) is 10.2. The number of hydrogen-bond acceptors (Lipinski definition) is 11. The predicted molar refractivity (Wildman–Crippen MR) is 158 cm³/mol. The summed E-state index contributed by atoms with van der Waals surface area (Å²) in [6, 6.07) is 6.64. The third-order valence-corrected chi connectivity index (χ3v) is 8.07. The molecule has 3 aromatic heterocycles. The minimum absolute atomic E-state index is 0.0672. The molecule has 1 aliphatic rings. The monoisotopic (exact) mass is 613 g/mol. The lowest BCUT2D eigenvalue weighted by atomic mass is 9.66. The largest absolute Gasteiger partial charge is 0.462 e. The molecule has 0 spiro atoms. The van der Waals surface area contributed by atoms with Crippen molar-refractivity contribution in [3.8, 4) is 10.7 Å². The molecule has 3 aromatic rings. The minimum atomic E-state index is -1.26. The maximum absolute atomic E-state index is 14.4. The zero-order valence-corrected chi connectivity index (χ0v) is 25.4. The van der Waals surface area contributed by atoms with E-state index in [0.717, 1.165) is 24.1 Å². The molecule has 0 aliphatic heterocycles. The number of alkyl carbamates (subject to hydrolysis) is 1. The van der Waals surface area contributed by atoms with Gasteiger partial charge in [-0.3, -0.25) is 14.6 Å². The number of carbonyl (C=O) groups is 3. The van der Waals surface area contributed by atoms with E-state index >= 15 is 0 Å². The second kappa shape index (κ2) is 13.8. The number of ether oxygens (including phenoxy) is 2. The number of halogens is 1. The van der Waals surface area contributed by atoms with Gasteiger partial charge in [-0.25, -0.2) is 14.2 Å². The molecule has 2 amide bonds. The number of rotatable bonds is 13. The van der Waals surface area contributed by atoms with E-state index in [1.165, 1.54) is 17.4 Å². The smallest absolute Gasteiger partial charge is 0.408 e. The summed E-state index contributed by atoms with van der Waals surface area (Å²) in [4.78, 5) is 45.7. The topological polar surface area (TPSA) is 157 Å². The molecule has 1 saturated carbocycles. The second-order valence-electron chi connectivity index (χ2n) is 11.1. The van der Waals surface area contributed by atoms with Crippen molar-refractivity contribution < 1.29 is 28.2 Å². The van der Waals surface area contributed by atoms with E-state index in [-0.39, 0.29) is 42.9 Å². The number of amides is 2. The molecule has 12 nitrogen and oxygen atoms in total. The highest BCUT2D eigenvalue weighted by Gasteiger charge is 2.41. The Labute approximate surface area is 253 Å². The fourth-order valence-electron chi connectivity index (χ4n) is 4.36. The lowest BCUT2D eigenvalue weighted by Gasteiger charge is -2.41. The third kappa shape index (κ3) is 8.21. The number of carbonyl (C=O) groups excluding carboxylic acids is 3. The van der Waals surface area contributed by atoms with Gasteiger partial charge in [0, 0.05) is 29.2 Å². The van der Waals surface area contributed by atoms with E-state index in [9.17, 15) is 18.8 Å².